The quantitative estimate of drug-likeness (QED) is 0.583. The molecule has 0 aliphatic carbocycles. The Kier molecular flexibility index (Phi) is 3.63. The van der Waals surface area contributed by atoms with Crippen molar-refractivity contribution in [2.45, 2.75) is 6.42 Å². The van der Waals surface area contributed by atoms with Crippen LogP contribution < -0.4 is 5.56 Å². The van der Waals surface area contributed by atoms with Gasteiger partial charge in [-0.1, -0.05) is 48.5 Å². The van der Waals surface area contributed by atoms with Crippen molar-refractivity contribution >= 4 is 0 Å². The van der Waals surface area contributed by atoms with Crippen molar-refractivity contribution in [1.82, 2.24) is 14.5 Å². The smallest absolute Gasteiger partial charge is 0.282 e. The Hall–Kier alpha value is -3.27. The van der Waals surface area contributed by atoms with Crippen LogP contribution in [-0.2, 0) is 6.42 Å². The molecule has 0 amide bonds. The van der Waals surface area contributed by atoms with Gasteiger partial charge in [-0.25, -0.2) is 4.98 Å². The molecule has 0 fully saturated rings. The number of fused-ring (bicyclic) bond motifs is 1. The maximum atomic E-state index is 12.4. The monoisotopic (exact) mass is 313 g/mol. The number of nitrogens with zero attached hydrogens (tertiary/aromatic N) is 3. The number of aromatic nitrogens is 3. The lowest BCUT2D eigenvalue weighted by atomic mass is 10.1. The lowest BCUT2D eigenvalue weighted by Gasteiger charge is -2.11. The van der Waals surface area contributed by atoms with E-state index in [9.17, 15) is 4.79 Å². The van der Waals surface area contributed by atoms with Crippen LogP contribution in [0.1, 0.15) is 11.4 Å². The number of rotatable bonds is 3. The van der Waals surface area contributed by atoms with Crippen molar-refractivity contribution in [2.24, 2.45) is 0 Å². The molecule has 2 aromatic carbocycles. The minimum Gasteiger partial charge on any atom is -0.323 e. The highest BCUT2D eigenvalue weighted by Gasteiger charge is 2.12. The summed E-state index contributed by atoms with van der Waals surface area (Å²) in [6.45, 7) is 0. The average Bonchev–Trinajstić information content (AvgIpc) is 2.63. The lowest BCUT2D eigenvalue weighted by molar-refractivity contribution is 0.933. The van der Waals surface area contributed by atoms with Gasteiger partial charge in [0.25, 0.3) is 5.56 Å². The second kappa shape index (κ2) is 6.08. The van der Waals surface area contributed by atoms with Gasteiger partial charge >= 0.3 is 0 Å². The lowest BCUT2D eigenvalue weighted by Crippen LogP contribution is -2.17. The summed E-state index contributed by atoms with van der Waals surface area (Å²) in [4.78, 5) is 21.1. The summed E-state index contributed by atoms with van der Waals surface area (Å²) in [5, 5.41) is 0. The van der Waals surface area contributed by atoms with E-state index in [0.29, 0.717) is 23.5 Å². The van der Waals surface area contributed by atoms with E-state index in [0.717, 1.165) is 11.3 Å². The van der Waals surface area contributed by atoms with Crippen LogP contribution in [0.5, 0.6) is 0 Å². The van der Waals surface area contributed by atoms with Gasteiger partial charge in [-0.2, -0.15) is 4.98 Å². The first-order valence-corrected chi connectivity index (χ1v) is 7.78. The molecule has 0 bridgehead atoms. The predicted molar refractivity (Wildman–Crippen MR) is 93.5 cm³/mol. The van der Waals surface area contributed by atoms with E-state index in [1.165, 1.54) is 0 Å². The first-order valence-electron chi connectivity index (χ1n) is 7.78. The highest BCUT2D eigenvalue weighted by molar-refractivity contribution is 5.58. The number of hydrogen-bond acceptors (Lipinski definition) is 3. The van der Waals surface area contributed by atoms with Crippen molar-refractivity contribution in [3.63, 3.8) is 0 Å². The van der Waals surface area contributed by atoms with E-state index in [-0.39, 0.29) is 5.56 Å². The molecular weight excluding hydrogens is 298 g/mol. The SMILES string of the molecule is O=c1nc(Cc2ccccc2)nc2ccn(-c3ccccc3)cc1-2. The Bertz CT molecular complexity index is 994. The zero-order valence-electron chi connectivity index (χ0n) is 13.0. The summed E-state index contributed by atoms with van der Waals surface area (Å²) < 4.78 is 1.91. The minimum absolute atomic E-state index is 0.240. The predicted octanol–water partition coefficient (Wildman–Crippen LogP) is 3.32. The second-order valence-corrected chi connectivity index (χ2v) is 5.59. The van der Waals surface area contributed by atoms with Crippen LogP contribution in [0, 0.1) is 0 Å². The van der Waals surface area contributed by atoms with Gasteiger partial charge in [0, 0.05) is 24.5 Å². The fourth-order valence-corrected chi connectivity index (χ4v) is 2.71. The van der Waals surface area contributed by atoms with Gasteiger partial charge in [0.1, 0.15) is 5.82 Å². The Morgan fingerprint density at radius 1 is 0.833 bits per heavy atom. The van der Waals surface area contributed by atoms with Crippen LogP contribution in [0.25, 0.3) is 16.9 Å². The summed E-state index contributed by atoms with van der Waals surface area (Å²) in [6.07, 6.45) is 4.26. The molecule has 0 saturated heterocycles. The molecule has 0 atom stereocenters. The number of benzene rings is 2. The topological polar surface area (TPSA) is 47.8 Å². The molecule has 0 radical (unpaired) electrons. The Morgan fingerprint density at radius 3 is 2.29 bits per heavy atom. The zero-order valence-corrected chi connectivity index (χ0v) is 13.0. The van der Waals surface area contributed by atoms with Crippen molar-refractivity contribution in [3.8, 4) is 16.9 Å². The van der Waals surface area contributed by atoms with Crippen molar-refractivity contribution < 1.29 is 0 Å². The standard InChI is InChI=1S/C20H15N3O/c24-20-17-14-23(16-9-5-2-6-10-16)12-11-18(17)21-19(22-20)13-15-7-3-1-4-8-15/h1-12,14H,13H2. The number of hydrogen-bond donors (Lipinski definition) is 0. The van der Waals surface area contributed by atoms with Gasteiger partial charge < -0.3 is 4.57 Å². The van der Waals surface area contributed by atoms with Crippen LogP contribution in [0.4, 0.5) is 0 Å². The largest absolute Gasteiger partial charge is 0.323 e. The molecule has 4 rings (SSSR count). The van der Waals surface area contributed by atoms with Crippen LogP contribution in [-0.4, -0.2) is 14.5 Å². The molecule has 2 aliphatic rings. The maximum Gasteiger partial charge on any atom is 0.282 e. The Labute approximate surface area is 139 Å². The van der Waals surface area contributed by atoms with Gasteiger partial charge in [-0.3, -0.25) is 4.79 Å². The minimum atomic E-state index is -0.240. The van der Waals surface area contributed by atoms with E-state index in [2.05, 4.69) is 9.97 Å². The molecule has 24 heavy (non-hydrogen) atoms. The molecular formula is C20H15N3O. The first kappa shape index (κ1) is 14.3. The molecule has 2 heterocycles. The molecule has 4 nitrogen and oxygen atoms in total. The van der Waals surface area contributed by atoms with Gasteiger partial charge in [0.2, 0.25) is 0 Å². The van der Waals surface area contributed by atoms with E-state index in [4.69, 9.17) is 0 Å². The summed E-state index contributed by atoms with van der Waals surface area (Å²) in [6, 6.07) is 21.6. The molecule has 0 spiro atoms. The normalized spacial score (nSPS) is 10.8. The second-order valence-electron chi connectivity index (χ2n) is 5.59. The fourth-order valence-electron chi connectivity index (χ4n) is 2.71. The Balaban J connectivity index is 1.75. The zero-order chi connectivity index (χ0) is 16.4. The molecule has 2 aromatic rings. The van der Waals surface area contributed by atoms with Crippen LogP contribution in [0.2, 0.25) is 0 Å². The van der Waals surface area contributed by atoms with Crippen LogP contribution >= 0.6 is 0 Å². The summed E-state index contributed by atoms with van der Waals surface area (Å²) in [7, 11) is 0. The first-order chi connectivity index (χ1) is 11.8. The third-order valence-corrected chi connectivity index (χ3v) is 3.91. The van der Waals surface area contributed by atoms with Crippen LogP contribution in [0.15, 0.2) is 83.9 Å². The summed E-state index contributed by atoms with van der Waals surface area (Å²) in [5.41, 5.74) is 3.04. The van der Waals surface area contributed by atoms with Gasteiger partial charge in [-0.05, 0) is 23.8 Å². The molecule has 0 saturated carbocycles. The van der Waals surface area contributed by atoms with E-state index < -0.39 is 0 Å². The molecule has 116 valence electrons. The van der Waals surface area contributed by atoms with Crippen molar-refractivity contribution in [3.05, 3.63) is 101 Å². The van der Waals surface area contributed by atoms with Crippen molar-refractivity contribution in [2.75, 3.05) is 0 Å². The Morgan fingerprint density at radius 2 is 1.54 bits per heavy atom. The third-order valence-electron chi connectivity index (χ3n) is 3.91. The van der Waals surface area contributed by atoms with E-state index in [1.54, 1.807) is 6.20 Å². The molecule has 0 unspecified atom stereocenters. The van der Waals surface area contributed by atoms with Gasteiger partial charge in [-0.15, -0.1) is 0 Å². The summed E-state index contributed by atoms with van der Waals surface area (Å²) >= 11 is 0. The highest BCUT2D eigenvalue weighted by Crippen LogP contribution is 2.17. The van der Waals surface area contributed by atoms with Crippen molar-refractivity contribution in [1.29, 1.82) is 0 Å². The van der Waals surface area contributed by atoms with E-state index in [1.807, 2.05) is 77.5 Å². The molecule has 0 aromatic heterocycles. The van der Waals surface area contributed by atoms with E-state index >= 15 is 0 Å². The average molecular weight is 313 g/mol. The summed E-state index contributed by atoms with van der Waals surface area (Å²) in [5.74, 6) is 0.552. The molecule has 2 aliphatic heterocycles. The third kappa shape index (κ3) is 2.82. The fraction of sp³-hybridized carbons (Fsp3) is 0.0500. The number of pyridine rings is 1. The maximum absolute atomic E-state index is 12.4. The van der Waals surface area contributed by atoms with Crippen LogP contribution in [0.3, 0.4) is 0 Å². The highest BCUT2D eigenvalue weighted by atomic mass is 16.1. The molecule has 4 heteroatoms. The molecule has 0 N–H and O–H groups in total. The van der Waals surface area contributed by atoms with Gasteiger partial charge in [0.15, 0.2) is 0 Å². The van der Waals surface area contributed by atoms with Gasteiger partial charge in [0.05, 0.1) is 11.3 Å². The number of para-hydroxylation sites is 1.